The summed E-state index contributed by atoms with van der Waals surface area (Å²) in [6, 6.07) is 1.77. The number of nitrogens with two attached hydrogens (primary N) is 1. The Morgan fingerprint density at radius 3 is 2.50 bits per heavy atom. The van der Waals surface area contributed by atoms with Gasteiger partial charge in [-0.25, -0.2) is 19.9 Å². The Hall–Kier alpha value is -2.04. The predicted octanol–water partition coefficient (Wildman–Crippen LogP) is 1.78. The Bertz CT molecular complexity index is 553. The smallest absolute Gasteiger partial charge is 0.199 e. The first kappa shape index (κ1) is 11.1. The number of fused-ring (bicyclic) bond motifs is 1. The number of hydrogen-bond donors (Lipinski definition) is 1. The van der Waals surface area contributed by atoms with Gasteiger partial charge in [0.2, 0.25) is 0 Å². The monoisotopic (exact) mass is 241 g/mol. The van der Waals surface area contributed by atoms with Crippen LogP contribution in [0.3, 0.4) is 0 Å². The van der Waals surface area contributed by atoms with E-state index in [1.807, 2.05) is 0 Å². The van der Waals surface area contributed by atoms with Crippen molar-refractivity contribution in [2.24, 2.45) is 0 Å². The van der Waals surface area contributed by atoms with E-state index in [1.54, 1.807) is 18.5 Å². The summed E-state index contributed by atoms with van der Waals surface area (Å²) < 4.78 is 0. The molecule has 2 heterocycles. The Balaban J connectivity index is 2.08. The van der Waals surface area contributed by atoms with Crippen molar-refractivity contribution in [3.05, 3.63) is 29.7 Å². The lowest BCUT2D eigenvalue weighted by Gasteiger charge is -2.09. The molecule has 0 aliphatic heterocycles. The number of aromatic nitrogens is 4. The van der Waals surface area contributed by atoms with Crippen LogP contribution in [0.15, 0.2) is 18.5 Å². The molecule has 0 atom stereocenters. The first-order valence-electron chi connectivity index (χ1n) is 6.27. The lowest BCUT2D eigenvalue weighted by Crippen LogP contribution is -2.07. The summed E-state index contributed by atoms with van der Waals surface area (Å²) in [7, 11) is 0. The van der Waals surface area contributed by atoms with Gasteiger partial charge in [0, 0.05) is 23.7 Å². The second kappa shape index (κ2) is 4.68. The molecule has 5 nitrogen and oxygen atoms in total. The summed E-state index contributed by atoms with van der Waals surface area (Å²) in [6.45, 7) is 0. The van der Waals surface area contributed by atoms with E-state index in [1.165, 1.54) is 19.3 Å². The van der Waals surface area contributed by atoms with Crippen LogP contribution >= 0.6 is 0 Å². The molecule has 0 radical (unpaired) electrons. The van der Waals surface area contributed by atoms with Gasteiger partial charge in [0.15, 0.2) is 11.6 Å². The minimum atomic E-state index is 0.536. The van der Waals surface area contributed by atoms with E-state index in [9.17, 15) is 0 Å². The molecule has 1 aliphatic carbocycles. The summed E-state index contributed by atoms with van der Waals surface area (Å²) in [5, 5.41) is 0. The first-order valence-corrected chi connectivity index (χ1v) is 6.27. The molecule has 0 saturated carbocycles. The summed E-state index contributed by atoms with van der Waals surface area (Å²) in [6.07, 6.45) is 8.90. The van der Waals surface area contributed by atoms with Crippen LogP contribution in [0.1, 0.15) is 30.5 Å². The van der Waals surface area contributed by atoms with Gasteiger partial charge >= 0.3 is 0 Å². The molecule has 18 heavy (non-hydrogen) atoms. The summed E-state index contributed by atoms with van der Waals surface area (Å²) in [4.78, 5) is 17.3. The van der Waals surface area contributed by atoms with Crippen LogP contribution in [0.2, 0.25) is 0 Å². The van der Waals surface area contributed by atoms with E-state index >= 15 is 0 Å². The summed E-state index contributed by atoms with van der Waals surface area (Å²) in [5.41, 5.74) is 8.23. The lowest BCUT2D eigenvalue weighted by molar-refractivity contribution is 0.709. The first-order chi connectivity index (χ1) is 8.84. The predicted molar refractivity (Wildman–Crippen MR) is 68.7 cm³/mol. The molecule has 2 N–H and O–H groups in total. The molecule has 3 rings (SSSR count). The van der Waals surface area contributed by atoms with Crippen molar-refractivity contribution in [1.29, 1.82) is 0 Å². The summed E-state index contributed by atoms with van der Waals surface area (Å²) >= 11 is 0. The topological polar surface area (TPSA) is 77.6 Å². The van der Waals surface area contributed by atoms with Crippen molar-refractivity contribution in [2.75, 3.05) is 5.73 Å². The molecule has 0 bridgehead atoms. The van der Waals surface area contributed by atoms with Crippen molar-refractivity contribution in [2.45, 2.75) is 32.1 Å². The average Bonchev–Trinajstić information content (AvgIpc) is 2.65. The zero-order valence-electron chi connectivity index (χ0n) is 10.1. The van der Waals surface area contributed by atoms with Gasteiger partial charge < -0.3 is 5.73 Å². The number of aryl methyl sites for hydroxylation is 1. The Kier molecular flexibility index (Phi) is 2.88. The van der Waals surface area contributed by atoms with Crippen LogP contribution < -0.4 is 5.73 Å². The van der Waals surface area contributed by atoms with Crippen LogP contribution in [0.5, 0.6) is 0 Å². The van der Waals surface area contributed by atoms with Crippen molar-refractivity contribution < 1.29 is 0 Å². The lowest BCUT2D eigenvalue weighted by atomic mass is 10.1. The highest BCUT2D eigenvalue weighted by atomic mass is 15.0. The van der Waals surface area contributed by atoms with Gasteiger partial charge in [0.25, 0.3) is 0 Å². The zero-order valence-corrected chi connectivity index (χ0v) is 10.1. The fraction of sp³-hybridized carbons (Fsp3) is 0.385. The van der Waals surface area contributed by atoms with Gasteiger partial charge in [0.1, 0.15) is 5.82 Å². The van der Waals surface area contributed by atoms with E-state index in [4.69, 9.17) is 5.73 Å². The maximum atomic E-state index is 6.04. The maximum Gasteiger partial charge on any atom is 0.199 e. The Labute approximate surface area is 106 Å². The number of rotatable bonds is 1. The molecule has 0 fully saturated rings. The van der Waals surface area contributed by atoms with Crippen molar-refractivity contribution >= 4 is 5.82 Å². The van der Waals surface area contributed by atoms with Gasteiger partial charge in [-0.1, -0.05) is 6.42 Å². The quantitative estimate of drug-likeness (QED) is 0.770. The standard InChI is InChI=1S/C13H15N5/c14-11-9-5-2-1-3-6-10(9)17-13(18-11)12-15-7-4-8-16-12/h4,7-8H,1-3,5-6H2,(H2,14,17,18). The summed E-state index contributed by atoms with van der Waals surface area (Å²) in [5.74, 6) is 1.66. The highest BCUT2D eigenvalue weighted by Gasteiger charge is 2.16. The normalized spacial score (nSPS) is 14.9. The van der Waals surface area contributed by atoms with Crippen molar-refractivity contribution in [3.63, 3.8) is 0 Å². The van der Waals surface area contributed by atoms with E-state index in [2.05, 4.69) is 19.9 Å². The third-order valence-corrected chi connectivity index (χ3v) is 3.23. The third kappa shape index (κ3) is 2.03. The molecule has 0 unspecified atom stereocenters. The fourth-order valence-corrected chi connectivity index (χ4v) is 2.31. The maximum absolute atomic E-state index is 6.04. The minimum absolute atomic E-state index is 0.536. The highest BCUT2D eigenvalue weighted by Crippen LogP contribution is 2.24. The van der Waals surface area contributed by atoms with E-state index in [-0.39, 0.29) is 0 Å². The van der Waals surface area contributed by atoms with Gasteiger partial charge in [0.05, 0.1) is 0 Å². The van der Waals surface area contributed by atoms with E-state index in [0.29, 0.717) is 17.5 Å². The number of hydrogen-bond acceptors (Lipinski definition) is 5. The third-order valence-electron chi connectivity index (χ3n) is 3.23. The average molecular weight is 241 g/mol. The van der Waals surface area contributed by atoms with Gasteiger partial charge in [-0.2, -0.15) is 0 Å². The fourth-order valence-electron chi connectivity index (χ4n) is 2.31. The van der Waals surface area contributed by atoms with Crippen LogP contribution in [0.4, 0.5) is 5.82 Å². The van der Waals surface area contributed by atoms with Crippen LogP contribution in [0.25, 0.3) is 11.6 Å². The molecule has 5 heteroatoms. The highest BCUT2D eigenvalue weighted by molar-refractivity contribution is 5.52. The zero-order chi connectivity index (χ0) is 12.4. The number of nitrogen functional groups attached to an aromatic ring is 1. The largest absolute Gasteiger partial charge is 0.383 e. The molecule has 0 spiro atoms. The van der Waals surface area contributed by atoms with Gasteiger partial charge in [-0.3, -0.25) is 0 Å². The van der Waals surface area contributed by atoms with Crippen LogP contribution in [-0.2, 0) is 12.8 Å². The molecule has 0 aromatic carbocycles. The minimum Gasteiger partial charge on any atom is -0.383 e. The van der Waals surface area contributed by atoms with Crippen LogP contribution in [-0.4, -0.2) is 19.9 Å². The van der Waals surface area contributed by atoms with E-state index in [0.717, 1.165) is 24.1 Å². The van der Waals surface area contributed by atoms with Gasteiger partial charge in [-0.05, 0) is 31.7 Å². The number of nitrogens with zero attached hydrogens (tertiary/aromatic N) is 4. The number of anilines is 1. The Morgan fingerprint density at radius 1 is 0.889 bits per heavy atom. The molecule has 2 aromatic rings. The molecule has 0 amide bonds. The molecular formula is C13H15N5. The molecular weight excluding hydrogens is 226 g/mol. The SMILES string of the molecule is Nc1nc(-c2ncccn2)nc2c1CCCCC2. The van der Waals surface area contributed by atoms with Crippen molar-refractivity contribution in [3.8, 4) is 11.6 Å². The molecule has 0 saturated heterocycles. The van der Waals surface area contributed by atoms with Crippen molar-refractivity contribution in [1.82, 2.24) is 19.9 Å². The second-order valence-corrected chi connectivity index (χ2v) is 4.49. The van der Waals surface area contributed by atoms with Gasteiger partial charge in [-0.15, -0.1) is 0 Å². The van der Waals surface area contributed by atoms with Crippen LogP contribution in [0, 0.1) is 0 Å². The molecule has 1 aliphatic rings. The Morgan fingerprint density at radius 2 is 1.67 bits per heavy atom. The second-order valence-electron chi connectivity index (χ2n) is 4.49. The molecule has 92 valence electrons. The van der Waals surface area contributed by atoms with E-state index < -0.39 is 0 Å². The molecule has 2 aromatic heterocycles.